The van der Waals surface area contributed by atoms with Gasteiger partial charge < -0.3 is 19.8 Å². The molecule has 0 radical (unpaired) electrons. The lowest BCUT2D eigenvalue weighted by atomic mass is 9.65. The Morgan fingerprint density at radius 2 is 1.85 bits per heavy atom. The molecule has 3 fully saturated rings. The molecule has 7 nitrogen and oxygen atoms in total. The average molecular weight is 554 g/mol. The number of likely N-dealkylation sites (tertiary alicyclic amines) is 1. The van der Waals surface area contributed by atoms with E-state index in [4.69, 9.17) is 0 Å². The first kappa shape index (κ1) is 29.4. The summed E-state index contributed by atoms with van der Waals surface area (Å²) in [6, 6.07) is 8.91. The van der Waals surface area contributed by atoms with Gasteiger partial charge >= 0.3 is 0 Å². The third kappa shape index (κ3) is 5.18. The van der Waals surface area contributed by atoms with Crippen LogP contribution in [0.4, 0.5) is 5.69 Å². The Hall–Kier alpha value is -2.58. The number of hydrogen-bond acceptors (Lipinski definition) is 5. The van der Waals surface area contributed by atoms with Crippen molar-refractivity contribution in [3.63, 3.8) is 0 Å². The minimum atomic E-state index is -0.652. The van der Waals surface area contributed by atoms with Crippen LogP contribution in [0.2, 0.25) is 0 Å². The van der Waals surface area contributed by atoms with Crippen LogP contribution < -0.4 is 4.90 Å². The standard InChI is InChI=1S/C31H43N3O4S/c1-5-8-18-32(16-6-2)30(38)27-31-22(4)21-24(39-31)25(26(31)29(37)34(27)19-12-13-20-35)28(36)33(17-7-3)23-14-10-9-11-15-23/h6-7,9-11,14-15,22,24-27,35H,2-3,5,8,12-13,16-21H2,1,4H3/t22?,24-,25+,26+,27?,31?/m1/s1. The number of benzene rings is 1. The van der Waals surface area contributed by atoms with Crippen molar-refractivity contribution in [1.82, 2.24) is 9.80 Å². The van der Waals surface area contributed by atoms with E-state index < -0.39 is 22.6 Å². The number of anilines is 1. The highest BCUT2D eigenvalue weighted by molar-refractivity contribution is 8.02. The molecule has 8 heteroatoms. The molecule has 4 rings (SSSR count). The molecule has 3 saturated heterocycles. The molecule has 1 spiro atoms. The average Bonchev–Trinajstić information content (AvgIpc) is 3.53. The number of rotatable bonds is 14. The lowest BCUT2D eigenvalue weighted by molar-refractivity contribution is -0.142. The van der Waals surface area contributed by atoms with Crippen molar-refractivity contribution in [1.29, 1.82) is 0 Å². The third-order valence-electron chi connectivity index (χ3n) is 8.66. The van der Waals surface area contributed by atoms with E-state index in [9.17, 15) is 19.5 Å². The summed E-state index contributed by atoms with van der Waals surface area (Å²) in [5.74, 6) is -1.14. The fourth-order valence-electron chi connectivity index (χ4n) is 6.92. The molecule has 0 saturated carbocycles. The Balaban J connectivity index is 1.75. The van der Waals surface area contributed by atoms with Crippen molar-refractivity contribution < 1.29 is 19.5 Å². The number of hydrogen-bond donors (Lipinski definition) is 1. The molecule has 2 bridgehead atoms. The number of fused-ring (bicyclic) bond motifs is 1. The summed E-state index contributed by atoms with van der Waals surface area (Å²) in [5, 5.41) is 9.41. The van der Waals surface area contributed by atoms with Crippen LogP contribution in [0, 0.1) is 17.8 Å². The van der Waals surface area contributed by atoms with E-state index in [1.54, 1.807) is 33.7 Å². The first-order valence-corrected chi connectivity index (χ1v) is 15.2. The van der Waals surface area contributed by atoms with Gasteiger partial charge in [0.15, 0.2) is 0 Å². The van der Waals surface area contributed by atoms with Crippen molar-refractivity contribution in [2.45, 2.75) is 62.0 Å². The monoisotopic (exact) mass is 553 g/mol. The van der Waals surface area contributed by atoms with Crippen molar-refractivity contribution in [3.05, 3.63) is 55.6 Å². The zero-order valence-electron chi connectivity index (χ0n) is 23.3. The van der Waals surface area contributed by atoms with Crippen molar-refractivity contribution >= 4 is 35.2 Å². The predicted octanol–water partition coefficient (Wildman–Crippen LogP) is 4.13. The number of carbonyl (C=O) groups is 3. The molecule has 3 amide bonds. The van der Waals surface area contributed by atoms with Crippen molar-refractivity contribution in [2.24, 2.45) is 17.8 Å². The van der Waals surface area contributed by atoms with Crippen LogP contribution in [-0.4, -0.2) is 81.5 Å². The van der Waals surface area contributed by atoms with Gasteiger partial charge in [0.05, 0.1) is 16.6 Å². The Morgan fingerprint density at radius 3 is 2.49 bits per heavy atom. The topological polar surface area (TPSA) is 81.2 Å². The van der Waals surface area contributed by atoms with Crippen LogP contribution >= 0.6 is 11.8 Å². The molecular formula is C31H43N3O4S. The summed E-state index contributed by atoms with van der Waals surface area (Å²) < 4.78 is -0.652. The number of unbranched alkanes of at least 4 members (excludes halogenated alkanes) is 2. The van der Waals surface area contributed by atoms with Gasteiger partial charge in [-0.25, -0.2) is 0 Å². The molecule has 212 valence electrons. The fraction of sp³-hybridized carbons (Fsp3) is 0.581. The number of nitrogens with zero attached hydrogens (tertiary/aromatic N) is 3. The third-order valence-corrected chi connectivity index (χ3v) is 10.7. The summed E-state index contributed by atoms with van der Waals surface area (Å²) in [6.45, 7) is 13.8. The zero-order chi connectivity index (χ0) is 28.2. The van der Waals surface area contributed by atoms with E-state index in [1.807, 2.05) is 35.2 Å². The number of aliphatic hydroxyl groups is 1. The molecule has 3 aliphatic rings. The molecule has 1 N–H and O–H groups in total. The van der Waals surface area contributed by atoms with Crippen LogP contribution in [0.5, 0.6) is 0 Å². The van der Waals surface area contributed by atoms with Gasteiger partial charge in [-0.05, 0) is 43.7 Å². The summed E-state index contributed by atoms with van der Waals surface area (Å²) in [5.41, 5.74) is 0.784. The summed E-state index contributed by atoms with van der Waals surface area (Å²) in [7, 11) is 0. The molecular weight excluding hydrogens is 510 g/mol. The predicted molar refractivity (Wildman–Crippen MR) is 157 cm³/mol. The zero-order valence-corrected chi connectivity index (χ0v) is 24.2. The van der Waals surface area contributed by atoms with E-state index in [1.165, 1.54) is 0 Å². The normalized spacial score (nSPS) is 28.8. The minimum Gasteiger partial charge on any atom is -0.396 e. The lowest BCUT2D eigenvalue weighted by Gasteiger charge is -2.41. The van der Waals surface area contributed by atoms with Gasteiger partial charge in [-0.1, -0.05) is 50.6 Å². The van der Waals surface area contributed by atoms with E-state index in [-0.39, 0.29) is 35.5 Å². The van der Waals surface area contributed by atoms with Crippen LogP contribution in [0.15, 0.2) is 55.6 Å². The first-order valence-electron chi connectivity index (χ1n) is 14.3. The Bertz CT molecular complexity index is 1070. The highest BCUT2D eigenvalue weighted by Gasteiger charge is 2.76. The summed E-state index contributed by atoms with van der Waals surface area (Å²) in [6.07, 6.45) is 7.27. The second kappa shape index (κ2) is 12.7. The van der Waals surface area contributed by atoms with Gasteiger partial charge in [0.25, 0.3) is 0 Å². The van der Waals surface area contributed by atoms with Gasteiger partial charge in [-0.2, -0.15) is 0 Å². The highest BCUT2D eigenvalue weighted by atomic mass is 32.2. The molecule has 3 heterocycles. The largest absolute Gasteiger partial charge is 0.396 e. The Kier molecular flexibility index (Phi) is 9.60. The SMILES string of the molecule is C=CCN(CCCC)C(=O)C1N(CCCCO)C(=O)[C@@H]2[C@@H](C(=O)N(CC=C)c3ccccc3)[C@H]3CC(C)C12S3. The summed E-state index contributed by atoms with van der Waals surface area (Å²) >= 11 is 1.71. The second-order valence-corrected chi connectivity index (χ2v) is 12.6. The lowest BCUT2D eigenvalue weighted by Crippen LogP contribution is -2.57. The van der Waals surface area contributed by atoms with Gasteiger partial charge in [0.1, 0.15) is 6.04 Å². The molecule has 0 aromatic heterocycles. The van der Waals surface area contributed by atoms with E-state index in [2.05, 4.69) is 27.0 Å². The van der Waals surface area contributed by atoms with E-state index in [0.717, 1.165) is 24.9 Å². The minimum absolute atomic E-state index is 0.0177. The quantitative estimate of drug-likeness (QED) is 0.277. The fourth-order valence-corrected chi connectivity index (χ4v) is 9.33. The maximum Gasteiger partial charge on any atom is 0.247 e. The number of aliphatic hydroxyl groups excluding tert-OH is 1. The van der Waals surface area contributed by atoms with E-state index in [0.29, 0.717) is 39.0 Å². The van der Waals surface area contributed by atoms with Crippen molar-refractivity contribution in [2.75, 3.05) is 37.7 Å². The van der Waals surface area contributed by atoms with Crippen LogP contribution in [0.25, 0.3) is 0 Å². The molecule has 6 atom stereocenters. The Labute approximate surface area is 237 Å². The first-order chi connectivity index (χ1) is 18.9. The number of para-hydroxylation sites is 1. The van der Waals surface area contributed by atoms with Crippen LogP contribution in [0.1, 0.15) is 46.0 Å². The molecule has 0 aliphatic carbocycles. The molecule has 1 aromatic rings. The maximum absolute atomic E-state index is 14.3. The van der Waals surface area contributed by atoms with Gasteiger partial charge in [0, 0.05) is 43.7 Å². The molecule has 3 aliphatic heterocycles. The number of thioether (sulfide) groups is 1. The molecule has 39 heavy (non-hydrogen) atoms. The van der Waals surface area contributed by atoms with E-state index >= 15 is 0 Å². The maximum atomic E-state index is 14.3. The molecule has 3 unspecified atom stereocenters. The van der Waals surface area contributed by atoms with Gasteiger partial charge in [-0.3, -0.25) is 14.4 Å². The smallest absolute Gasteiger partial charge is 0.247 e. The number of amides is 3. The second-order valence-electron chi connectivity index (χ2n) is 11.0. The Morgan fingerprint density at radius 1 is 1.13 bits per heavy atom. The highest BCUT2D eigenvalue weighted by Crippen LogP contribution is 2.69. The summed E-state index contributed by atoms with van der Waals surface area (Å²) in [4.78, 5) is 48.3. The van der Waals surface area contributed by atoms with Crippen molar-refractivity contribution in [3.8, 4) is 0 Å². The van der Waals surface area contributed by atoms with Gasteiger partial charge in [-0.15, -0.1) is 24.9 Å². The van der Waals surface area contributed by atoms with Crippen LogP contribution in [0.3, 0.4) is 0 Å². The van der Waals surface area contributed by atoms with Crippen LogP contribution in [-0.2, 0) is 14.4 Å². The molecule has 1 aromatic carbocycles. The van der Waals surface area contributed by atoms with Gasteiger partial charge in [0.2, 0.25) is 17.7 Å². The number of carbonyl (C=O) groups excluding carboxylic acids is 3.